The quantitative estimate of drug-likeness (QED) is 0.756. The normalized spacial score (nSPS) is 32.5. The second-order valence-corrected chi connectivity index (χ2v) is 6.63. The van der Waals surface area contributed by atoms with Gasteiger partial charge >= 0.3 is 6.09 Å². The lowest BCUT2D eigenvalue weighted by molar-refractivity contribution is 0.0467. The summed E-state index contributed by atoms with van der Waals surface area (Å²) in [6, 6.07) is 0.229. The zero-order valence-electron chi connectivity index (χ0n) is 11.8. The summed E-state index contributed by atoms with van der Waals surface area (Å²) in [6.45, 7) is 6.77. The van der Waals surface area contributed by atoms with Crippen molar-refractivity contribution in [1.82, 2.24) is 10.6 Å². The Kier molecular flexibility index (Phi) is 3.85. The molecule has 1 saturated carbocycles. The maximum atomic E-state index is 11.9. The van der Waals surface area contributed by atoms with Gasteiger partial charge in [0.05, 0.1) is 6.04 Å². The van der Waals surface area contributed by atoms with Gasteiger partial charge in [-0.2, -0.15) is 0 Å². The zero-order valence-corrected chi connectivity index (χ0v) is 11.8. The molecule has 0 aromatic heterocycles. The Morgan fingerprint density at radius 1 is 1.28 bits per heavy atom. The number of piperidine rings is 1. The third kappa shape index (κ3) is 3.16. The van der Waals surface area contributed by atoms with Crippen LogP contribution in [0.25, 0.3) is 0 Å². The molecule has 104 valence electrons. The molecule has 0 radical (unpaired) electrons. The number of rotatable bonds is 1. The van der Waals surface area contributed by atoms with Gasteiger partial charge < -0.3 is 15.4 Å². The van der Waals surface area contributed by atoms with Gasteiger partial charge in [-0.15, -0.1) is 0 Å². The van der Waals surface area contributed by atoms with Crippen molar-refractivity contribution in [3.63, 3.8) is 0 Å². The van der Waals surface area contributed by atoms with Crippen LogP contribution in [0.3, 0.4) is 0 Å². The average molecular weight is 254 g/mol. The Hall–Kier alpha value is -0.770. The molecular weight excluding hydrogens is 228 g/mol. The highest BCUT2D eigenvalue weighted by Crippen LogP contribution is 2.36. The third-order valence-electron chi connectivity index (χ3n) is 4.00. The minimum absolute atomic E-state index is 0.134. The van der Waals surface area contributed by atoms with E-state index < -0.39 is 5.60 Å². The first-order valence-corrected chi connectivity index (χ1v) is 7.16. The lowest BCUT2D eigenvalue weighted by atomic mass is 9.84. The molecule has 1 aliphatic carbocycles. The second kappa shape index (κ2) is 5.08. The highest BCUT2D eigenvalue weighted by molar-refractivity contribution is 5.68. The topological polar surface area (TPSA) is 50.4 Å². The van der Waals surface area contributed by atoms with Crippen LogP contribution in [-0.2, 0) is 4.74 Å². The van der Waals surface area contributed by atoms with E-state index in [0.717, 1.165) is 13.0 Å². The van der Waals surface area contributed by atoms with E-state index in [-0.39, 0.29) is 17.7 Å². The van der Waals surface area contributed by atoms with E-state index >= 15 is 0 Å². The molecule has 2 rings (SSSR count). The van der Waals surface area contributed by atoms with Gasteiger partial charge in [0, 0.05) is 5.54 Å². The lowest BCUT2D eigenvalue weighted by Gasteiger charge is -2.40. The number of amides is 1. The monoisotopic (exact) mass is 254 g/mol. The van der Waals surface area contributed by atoms with Crippen LogP contribution < -0.4 is 10.6 Å². The number of hydrogen-bond acceptors (Lipinski definition) is 3. The predicted octanol–water partition coefficient (Wildman–Crippen LogP) is 2.58. The summed E-state index contributed by atoms with van der Waals surface area (Å²) in [6.07, 6.45) is 6.84. The molecule has 1 amide bonds. The van der Waals surface area contributed by atoms with Crippen molar-refractivity contribution in [2.75, 3.05) is 6.54 Å². The third-order valence-corrected chi connectivity index (χ3v) is 4.00. The number of carbonyl (C=O) groups excluding carboxylic acids is 1. The van der Waals surface area contributed by atoms with Gasteiger partial charge in [-0.05, 0) is 59.4 Å². The van der Waals surface area contributed by atoms with E-state index in [4.69, 9.17) is 4.74 Å². The van der Waals surface area contributed by atoms with Crippen LogP contribution in [0.1, 0.15) is 59.3 Å². The molecule has 0 aromatic rings. The van der Waals surface area contributed by atoms with Gasteiger partial charge in [0.15, 0.2) is 0 Å². The molecule has 2 unspecified atom stereocenters. The van der Waals surface area contributed by atoms with Gasteiger partial charge in [0.2, 0.25) is 0 Å². The minimum atomic E-state index is -0.421. The van der Waals surface area contributed by atoms with E-state index in [1.54, 1.807) is 0 Å². The van der Waals surface area contributed by atoms with Crippen molar-refractivity contribution in [2.45, 2.75) is 76.5 Å². The molecule has 2 N–H and O–H groups in total. The molecule has 4 nitrogen and oxygen atoms in total. The van der Waals surface area contributed by atoms with Gasteiger partial charge in [0.25, 0.3) is 0 Å². The maximum Gasteiger partial charge on any atom is 0.407 e. The van der Waals surface area contributed by atoms with Crippen LogP contribution in [0.2, 0.25) is 0 Å². The van der Waals surface area contributed by atoms with E-state index in [1.807, 2.05) is 20.8 Å². The van der Waals surface area contributed by atoms with Crippen LogP contribution in [0, 0.1) is 0 Å². The first-order valence-electron chi connectivity index (χ1n) is 7.16. The molecule has 0 aromatic carbocycles. The van der Waals surface area contributed by atoms with Crippen molar-refractivity contribution in [3.8, 4) is 0 Å². The van der Waals surface area contributed by atoms with E-state index in [9.17, 15) is 4.79 Å². The molecule has 1 aliphatic heterocycles. The average Bonchev–Trinajstić information content (AvgIpc) is 2.60. The van der Waals surface area contributed by atoms with Gasteiger partial charge in [-0.3, -0.25) is 0 Å². The van der Waals surface area contributed by atoms with E-state index in [1.165, 1.54) is 32.1 Å². The summed E-state index contributed by atoms with van der Waals surface area (Å²) in [5.41, 5.74) is -0.287. The molecule has 1 heterocycles. The first-order chi connectivity index (χ1) is 8.41. The lowest BCUT2D eigenvalue weighted by Crippen LogP contribution is -2.59. The van der Waals surface area contributed by atoms with Crippen LogP contribution in [0.4, 0.5) is 4.79 Å². The molecule has 1 spiro atoms. The largest absolute Gasteiger partial charge is 0.444 e. The number of nitrogens with one attached hydrogen (secondary N) is 2. The summed E-state index contributed by atoms with van der Waals surface area (Å²) in [5, 5.41) is 6.71. The van der Waals surface area contributed by atoms with Crippen molar-refractivity contribution in [1.29, 1.82) is 0 Å². The van der Waals surface area contributed by atoms with Crippen LogP contribution >= 0.6 is 0 Å². The molecule has 2 aliphatic rings. The predicted molar refractivity (Wildman–Crippen MR) is 71.6 cm³/mol. The van der Waals surface area contributed by atoms with Crippen molar-refractivity contribution < 1.29 is 9.53 Å². The number of hydrogen-bond donors (Lipinski definition) is 2. The zero-order chi connectivity index (χ0) is 13.2. The summed E-state index contributed by atoms with van der Waals surface area (Å²) in [7, 11) is 0. The SMILES string of the molecule is CC(C)(C)OC(=O)NC1CCCC12CCCCN2. The fourth-order valence-corrected chi connectivity index (χ4v) is 3.23. The van der Waals surface area contributed by atoms with E-state index in [2.05, 4.69) is 10.6 Å². The molecule has 0 bridgehead atoms. The minimum Gasteiger partial charge on any atom is -0.444 e. The molecule has 4 heteroatoms. The smallest absolute Gasteiger partial charge is 0.407 e. The molecular formula is C14H26N2O2. The van der Waals surface area contributed by atoms with Crippen LogP contribution in [-0.4, -0.2) is 29.8 Å². The fraction of sp³-hybridized carbons (Fsp3) is 0.929. The summed E-state index contributed by atoms with van der Waals surface area (Å²) in [4.78, 5) is 11.9. The van der Waals surface area contributed by atoms with Crippen molar-refractivity contribution >= 4 is 6.09 Å². The second-order valence-electron chi connectivity index (χ2n) is 6.63. The number of carbonyl (C=O) groups is 1. The fourth-order valence-electron chi connectivity index (χ4n) is 3.23. The van der Waals surface area contributed by atoms with Crippen LogP contribution in [0.15, 0.2) is 0 Å². The van der Waals surface area contributed by atoms with E-state index in [0.29, 0.717) is 0 Å². The summed E-state index contributed by atoms with van der Waals surface area (Å²) in [5.74, 6) is 0. The van der Waals surface area contributed by atoms with Crippen LogP contribution in [0.5, 0.6) is 0 Å². The highest BCUT2D eigenvalue weighted by Gasteiger charge is 2.44. The molecule has 2 atom stereocenters. The molecule has 2 fully saturated rings. The first kappa shape index (κ1) is 13.7. The molecule has 18 heavy (non-hydrogen) atoms. The summed E-state index contributed by atoms with van der Waals surface area (Å²) < 4.78 is 5.36. The Balaban J connectivity index is 1.93. The number of ether oxygens (including phenoxy) is 1. The Bertz CT molecular complexity index is 303. The van der Waals surface area contributed by atoms with Crippen molar-refractivity contribution in [3.05, 3.63) is 0 Å². The van der Waals surface area contributed by atoms with Gasteiger partial charge in [-0.25, -0.2) is 4.79 Å². The Morgan fingerprint density at radius 2 is 2.00 bits per heavy atom. The Morgan fingerprint density at radius 3 is 2.61 bits per heavy atom. The number of alkyl carbamates (subject to hydrolysis) is 1. The van der Waals surface area contributed by atoms with Gasteiger partial charge in [0.1, 0.15) is 5.60 Å². The highest BCUT2D eigenvalue weighted by atomic mass is 16.6. The van der Waals surface area contributed by atoms with Gasteiger partial charge in [-0.1, -0.05) is 6.42 Å². The van der Waals surface area contributed by atoms with Crippen molar-refractivity contribution in [2.24, 2.45) is 0 Å². The standard InChI is InChI=1S/C14H26N2O2/c1-13(2,3)18-12(17)16-11-7-6-9-14(11)8-4-5-10-15-14/h11,15H,4-10H2,1-3H3,(H,16,17). The Labute approximate surface area is 110 Å². The summed E-state index contributed by atoms with van der Waals surface area (Å²) >= 11 is 0. The maximum absolute atomic E-state index is 11.9. The molecule has 1 saturated heterocycles.